The quantitative estimate of drug-likeness (QED) is 0.196. The summed E-state index contributed by atoms with van der Waals surface area (Å²) in [5.74, 6) is 0.620. The molecule has 3 nitrogen and oxygen atoms in total. The van der Waals surface area contributed by atoms with Crippen molar-refractivity contribution in [2.75, 3.05) is 7.11 Å². The topological polar surface area (TPSA) is 26.5 Å². The molecule has 2 aromatic carbocycles. The van der Waals surface area contributed by atoms with E-state index in [2.05, 4.69) is 39.7 Å². The van der Waals surface area contributed by atoms with Gasteiger partial charge in [0.2, 0.25) is 5.88 Å². The maximum atomic E-state index is 5.25. The maximum Gasteiger partial charge on any atom is 2.00 e. The molecule has 100 valence electrons. The van der Waals surface area contributed by atoms with E-state index >= 15 is 0 Å². The molecule has 4 aromatic rings. The zero-order valence-corrected chi connectivity index (χ0v) is 15.1. The zero-order chi connectivity index (χ0) is 12.8. The minimum atomic E-state index is 0. The van der Waals surface area contributed by atoms with E-state index < -0.39 is 0 Å². The van der Waals surface area contributed by atoms with Gasteiger partial charge in [0.25, 0.3) is 0 Å². The molecule has 0 fully saturated rings. The Kier molecular flexibility index (Phi) is 4.95. The summed E-state index contributed by atoms with van der Waals surface area (Å²) in [5, 5.41) is 3.38. The first-order valence-corrected chi connectivity index (χ1v) is 6.13. The first-order valence-electron chi connectivity index (χ1n) is 6.13. The van der Waals surface area contributed by atoms with Crippen LogP contribution in [0.3, 0.4) is 0 Å². The Hall–Kier alpha value is -1.05. The van der Waals surface area contributed by atoms with Crippen LogP contribution in [0.1, 0.15) is 0 Å². The van der Waals surface area contributed by atoms with Gasteiger partial charge in [-0.05, 0) is 11.5 Å². The average molecular weight is 398 g/mol. The molecule has 2 aromatic heterocycles. The van der Waals surface area contributed by atoms with Gasteiger partial charge in [-0.15, -0.1) is 29.7 Å². The third-order valence-corrected chi connectivity index (χ3v) is 3.43. The number of pyridine rings is 1. The van der Waals surface area contributed by atoms with Crippen molar-refractivity contribution in [3.63, 3.8) is 0 Å². The summed E-state index contributed by atoms with van der Waals surface area (Å²) in [5.41, 5.74) is 2.01. The van der Waals surface area contributed by atoms with Crippen molar-refractivity contribution in [2.24, 2.45) is 0 Å². The second-order valence-corrected chi connectivity index (χ2v) is 4.45. The van der Waals surface area contributed by atoms with E-state index in [1.807, 2.05) is 24.4 Å². The molecule has 21 heavy (non-hydrogen) atoms. The monoisotopic (exact) mass is 398 g/mol. The van der Waals surface area contributed by atoms with E-state index in [0.29, 0.717) is 5.88 Å². The van der Waals surface area contributed by atoms with E-state index in [9.17, 15) is 0 Å². The van der Waals surface area contributed by atoms with Crippen LogP contribution in [0.15, 0.2) is 48.7 Å². The van der Waals surface area contributed by atoms with Crippen LogP contribution in [-0.2, 0) is 0 Å². The van der Waals surface area contributed by atoms with Gasteiger partial charge in [0.05, 0.1) is 19.0 Å². The number of aromatic nitrogens is 2. The minimum Gasteiger partial charge on any atom is -1.00 e. The van der Waals surface area contributed by atoms with Gasteiger partial charge in [0.15, 0.2) is 0 Å². The summed E-state index contributed by atoms with van der Waals surface area (Å²) in [6, 6.07) is 17.6. The van der Waals surface area contributed by atoms with Crippen LogP contribution in [-0.4, -0.2) is 39.5 Å². The third-order valence-electron chi connectivity index (χ3n) is 3.43. The fourth-order valence-corrected chi connectivity index (χ4v) is 2.57. The summed E-state index contributed by atoms with van der Waals surface area (Å²) in [6.45, 7) is 0. The van der Waals surface area contributed by atoms with Crippen LogP contribution in [0.25, 0.3) is 27.3 Å². The van der Waals surface area contributed by atoms with E-state index in [0.717, 1.165) is 16.6 Å². The number of nitrogens with zero attached hydrogens (tertiary/aromatic N) is 2. The number of rotatable bonds is 1. The van der Waals surface area contributed by atoms with Crippen molar-refractivity contribution in [1.29, 1.82) is 0 Å². The van der Waals surface area contributed by atoms with E-state index in [1.54, 1.807) is 7.11 Å². The van der Waals surface area contributed by atoms with Gasteiger partial charge in [-0.1, -0.05) is 23.6 Å². The SMILES string of the molecule is COc1cn2c3ccccc3c3ccc[c-]c3c2n1.[I-].[Mg+2]. The molecule has 0 saturated carbocycles. The van der Waals surface area contributed by atoms with Gasteiger partial charge < -0.3 is 33.1 Å². The predicted octanol–water partition coefficient (Wildman–Crippen LogP) is 0.0727. The molecule has 4 rings (SSSR count). The Morgan fingerprint density at radius 1 is 1.10 bits per heavy atom. The van der Waals surface area contributed by atoms with Gasteiger partial charge in [0.1, 0.15) is 0 Å². The van der Waals surface area contributed by atoms with Crippen molar-refractivity contribution >= 4 is 50.4 Å². The number of ether oxygens (including phenoxy) is 1. The van der Waals surface area contributed by atoms with Crippen LogP contribution >= 0.6 is 0 Å². The van der Waals surface area contributed by atoms with Gasteiger partial charge in [-0.2, -0.15) is 0 Å². The summed E-state index contributed by atoms with van der Waals surface area (Å²) < 4.78 is 7.31. The molecule has 0 aliphatic rings. The average Bonchev–Trinajstić information content (AvgIpc) is 2.92. The van der Waals surface area contributed by atoms with Crippen LogP contribution in [0.4, 0.5) is 0 Å². The first-order chi connectivity index (χ1) is 9.38. The molecule has 0 atom stereocenters. The van der Waals surface area contributed by atoms with Crippen molar-refractivity contribution in [3.05, 3.63) is 54.7 Å². The maximum absolute atomic E-state index is 5.25. The Morgan fingerprint density at radius 2 is 1.86 bits per heavy atom. The number of para-hydroxylation sites is 1. The molecule has 0 aliphatic carbocycles. The van der Waals surface area contributed by atoms with Gasteiger partial charge >= 0.3 is 23.1 Å². The van der Waals surface area contributed by atoms with Crippen molar-refractivity contribution in [3.8, 4) is 5.88 Å². The Balaban J connectivity index is 0.000000807. The second-order valence-electron chi connectivity index (χ2n) is 4.45. The van der Waals surface area contributed by atoms with Crippen LogP contribution in [0.5, 0.6) is 5.88 Å². The third kappa shape index (κ3) is 2.47. The van der Waals surface area contributed by atoms with Gasteiger partial charge in [0, 0.05) is 5.52 Å². The molecule has 0 saturated heterocycles. The molecule has 0 amide bonds. The van der Waals surface area contributed by atoms with E-state index in [-0.39, 0.29) is 47.0 Å². The molecule has 5 heteroatoms. The number of hydrogen-bond acceptors (Lipinski definition) is 2. The number of hydrogen-bond donors (Lipinski definition) is 0. The molecule has 2 heterocycles. The molecule has 0 spiro atoms. The second kappa shape index (κ2) is 6.37. The van der Waals surface area contributed by atoms with Gasteiger partial charge in [-0.3, -0.25) is 0 Å². The molecule has 0 unspecified atom stereocenters. The predicted molar refractivity (Wildman–Crippen MR) is 81.3 cm³/mol. The molecule has 0 radical (unpaired) electrons. The molecular weight excluding hydrogens is 387 g/mol. The van der Waals surface area contributed by atoms with Crippen molar-refractivity contribution in [1.82, 2.24) is 9.38 Å². The van der Waals surface area contributed by atoms with E-state index in [4.69, 9.17) is 4.74 Å². The Labute approximate surface area is 155 Å². The summed E-state index contributed by atoms with van der Waals surface area (Å²) in [4.78, 5) is 4.52. The van der Waals surface area contributed by atoms with Crippen molar-refractivity contribution < 1.29 is 28.7 Å². The Morgan fingerprint density at radius 3 is 2.67 bits per heavy atom. The van der Waals surface area contributed by atoms with Crippen LogP contribution in [0.2, 0.25) is 0 Å². The Bertz CT molecular complexity index is 847. The molecule has 0 aliphatic heterocycles. The van der Waals surface area contributed by atoms with E-state index in [1.165, 1.54) is 10.8 Å². The molecule has 0 N–H and O–H groups in total. The number of fused-ring (bicyclic) bond motifs is 6. The first kappa shape index (κ1) is 16.3. The standard InChI is InChI=1S/C16H11N2O.HI.Mg/c1-19-15-10-18-14-9-5-4-7-12(14)11-6-2-3-8-13(11)16(18)17-15;;/h2-7,9-10H,1H3;1H;/q-1;;+2/p-1. The van der Waals surface area contributed by atoms with Crippen LogP contribution < -0.4 is 28.7 Å². The van der Waals surface area contributed by atoms with Crippen LogP contribution in [0, 0.1) is 6.07 Å². The summed E-state index contributed by atoms with van der Waals surface area (Å²) in [7, 11) is 1.63. The molecule has 0 bridgehead atoms. The number of halogens is 1. The fourth-order valence-electron chi connectivity index (χ4n) is 2.57. The normalized spacial score (nSPS) is 10.3. The van der Waals surface area contributed by atoms with Gasteiger partial charge in [-0.25, -0.2) is 4.98 Å². The summed E-state index contributed by atoms with van der Waals surface area (Å²) in [6.07, 6.45) is 1.91. The number of methoxy groups -OCH3 is 1. The fraction of sp³-hybridized carbons (Fsp3) is 0.0625. The summed E-state index contributed by atoms with van der Waals surface area (Å²) >= 11 is 0. The van der Waals surface area contributed by atoms with Crippen molar-refractivity contribution in [2.45, 2.75) is 0 Å². The molecular formula is C16H11IMgN2O. The number of imidazole rings is 1. The number of benzene rings is 2. The minimum absolute atomic E-state index is 0. The smallest absolute Gasteiger partial charge is 1.00 e. The largest absolute Gasteiger partial charge is 2.00 e. The zero-order valence-electron chi connectivity index (χ0n) is 11.5.